The van der Waals surface area contributed by atoms with Crippen molar-refractivity contribution in [1.29, 1.82) is 0 Å². The van der Waals surface area contributed by atoms with Crippen molar-refractivity contribution in [2.24, 2.45) is 5.73 Å². The zero-order valence-corrected chi connectivity index (χ0v) is 13.5. The molecule has 0 aromatic heterocycles. The molecule has 0 spiro atoms. The van der Waals surface area contributed by atoms with Gasteiger partial charge in [-0.3, -0.25) is 0 Å². The molecular formula is C13H20N2O3S2. The summed E-state index contributed by atoms with van der Waals surface area (Å²) in [6.45, 7) is 4.24. The fourth-order valence-electron chi connectivity index (χ4n) is 1.86. The van der Waals surface area contributed by atoms with E-state index in [1.54, 1.807) is 18.2 Å². The van der Waals surface area contributed by atoms with Gasteiger partial charge in [-0.1, -0.05) is 30.4 Å². The van der Waals surface area contributed by atoms with E-state index < -0.39 is 10.0 Å². The summed E-state index contributed by atoms with van der Waals surface area (Å²) in [6.07, 6.45) is 0. The Morgan fingerprint density at radius 2 is 2.00 bits per heavy atom. The van der Waals surface area contributed by atoms with Crippen molar-refractivity contribution in [3.63, 3.8) is 0 Å². The van der Waals surface area contributed by atoms with Gasteiger partial charge in [-0.15, -0.1) is 0 Å². The monoisotopic (exact) mass is 316 g/mol. The SMILES string of the molecule is COCCN(C(C)C)S(=O)(=O)c1ccccc1C(N)=S. The molecule has 0 radical (unpaired) electrons. The molecule has 0 unspecified atom stereocenters. The third kappa shape index (κ3) is 3.76. The second kappa shape index (κ2) is 7.12. The Kier molecular flexibility index (Phi) is 6.07. The van der Waals surface area contributed by atoms with Crippen LogP contribution in [0.25, 0.3) is 0 Å². The van der Waals surface area contributed by atoms with Gasteiger partial charge in [0.05, 0.1) is 11.5 Å². The third-order valence-electron chi connectivity index (χ3n) is 2.83. The number of benzene rings is 1. The number of nitrogens with zero attached hydrogens (tertiary/aromatic N) is 1. The molecule has 20 heavy (non-hydrogen) atoms. The van der Waals surface area contributed by atoms with Gasteiger partial charge in [0.1, 0.15) is 4.99 Å². The van der Waals surface area contributed by atoms with Crippen LogP contribution in [0.3, 0.4) is 0 Å². The number of hydrogen-bond acceptors (Lipinski definition) is 4. The first kappa shape index (κ1) is 17.0. The summed E-state index contributed by atoms with van der Waals surface area (Å²) in [7, 11) is -2.13. The average molecular weight is 316 g/mol. The van der Waals surface area contributed by atoms with Gasteiger partial charge in [-0.2, -0.15) is 4.31 Å². The van der Waals surface area contributed by atoms with Gasteiger partial charge >= 0.3 is 0 Å². The molecule has 0 atom stereocenters. The number of nitrogens with two attached hydrogens (primary N) is 1. The first-order chi connectivity index (χ1) is 9.32. The maximum atomic E-state index is 12.8. The van der Waals surface area contributed by atoms with E-state index >= 15 is 0 Å². The van der Waals surface area contributed by atoms with Gasteiger partial charge in [0.2, 0.25) is 10.0 Å². The van der Waals surface area contributed by atoms with Crippen molar-refractivity contribution in [1.82, 2.24) is 4.31 Å². The highest BCUT2D eigenvalue weighted by Gasteiger charge is 2.29. The Labute approximate surface area is 125 Å². The molecule has 0 aliphatic heterocycles. The first-order valence-electron chi connectivity index (χ1n) is 6.22. The molecule has 7 heteroatoms. The number of sulfonamides is 1. The maximum absolute atomic E-state index is 12.8. The Hall–Kier alpha value is -1.02. The Balaban J connectivity index is 3.30. The highest BCUT2D eigenvalue weighted by molar-refractivity contribution is 7.89. The van der Waals surface area contributed by atoms with E-state index in [4.69, 9.17) is 22.7 Å². The number of methoxy groups -OCH3 is 1. The van der Waals surface area contributed by atoms with Crippen molar-refractivity contribution in [2.75, 3.05) is 20.3 Å². The Morgan fingerprint density at radius 1 is 1.40 bits per heavy atom. The van der Waals surface area contributed by atoms with Gasteiger partial charge in [-0.05, 0) is 19.9 Å². The molecule has 0 amide bonds. The highest BCUT2D eigenvalue weighted by Crippen LogP contribution is 2.22. The highest BCUT2D eigenvalue weighted by atomic mass is 32.2. The summed E-state index contributed by atoms with van der Waals surface area (Å²) in [5, 5.41) is 0. The lowest BCUT2D eigenvalue weighted by molar-refractivity contribution is 0.171. The molecule has 0 fully saturated rings. The van der Waals surface area contributed by atoms with E-state index in [9.17, 15) is 8.42 Å². The molecule has 1 aromatic carbocycles. The second-order valence-corrected chi connectivity index (χ2v) is 6.86. The smallest absolute Gasteiger partial charge is 0.244 e. The van der Waals surface area contributed by atoms with Crippen molar-refractivity contribution in [3.05, 3.63) is 29.8 Å². The number of rotatable bonds is 7. The van der Waals surface area contributed by atoms with Crippen molar-refractivity contribution < 1.29 is 13.2 Å². The zero-order valence-electron chi connectivity index (χ0n) is 11.9. The topological polar surface area (TPSA) is 72.6 Å². The molecule has 0 aliphatic carbocycles. The third-order valence-corrected chi connectivity index (χ3v) is 5.18. The second-order valence-electron chi connectivity index (χ2n) is 4.56. The van der Waals surface area contributed by atoms with Crippen molar-refractivity contribution >= 4 is 27.2 Å². The Morgan fingerprint density at radius 3 is 2.50 bits per heavy atom. The van der Waals surface area contributed by atoms with Crippen LogP contribution in [0.2, 0.25) is 0 Å². The summed E-state index contributed by atoms with van der Waals surface area (Å²) in [6, 6.07) is 6.32. The zero-order chi connectivity index (χ0) is 15.3. The molecule has 0 saturated heterocycles. The molecule has 0 saturated carbocycles. The Bertz CT molecular complexity index is 571. The average Bonchev–Trinajstić information content (AvgIpc) is 2.38. The van der Waals surface area contributed by atoms with E-state index in [1.165, 1.54) is 17.5 Å². The van der Waals surface area contributed by atoms with E-state index in [0.29, 0.717) is 12.2 Å². The standard InChI is InChI=1S/C13H20N2O3S2/c1-10(2)15(8-9-18-3)20(16,17)12-7-5-4-6-11(12)13(14)19/h4-7,10H,8-9H2,1-3H3,(H2,14,19). The normalized spacial score (nSPS) is 12.1. The van der Waals surface area contributed by atoms with E-state index in [-0.39, 0.29) is 22.5 Å². The predicted molar refractivity (Wildman–Crippen MR) is 83.2 cm³/mol. The molecule has 0 aliphatic rings. The molecule has 0 heterocycles. The van der Waals surface area contributed by atoms with E-state index in [0.717, 1.165) is 0 Å². The van der Waals surface area contributed by atoms with Crippen LogP contribution in [-0.4, -0.2) is 44.0 Å². The fourth-order valence-corrected chi connectivity index (χ4v) is 3.93. The van der Waals surface area contributed by atoms with Gasteiger partial charge in [0, 0.05) is 25.3 Å². The van der Waals surface area contributed by atoms with Crippen LogP contribution in [-0.2, 0) is 14.8 Å². The minimum absolute atomic E-state index is 0.0691. The summed E-state index contributed by atoms with van der Waals surface area (Å²) in [4.78, 5) is 0.205. The summed E-state index contributed by atoms with van der Waals surface area (Å²) in [5.41, 5.74) is 5.98. The quantitative estimate of drug-likeness (QED) is 0.769. The number of hydrogen-bond donors (Lipinski definition) is 1. The molecule has 1 rings (SSSR count). The molecule has 1 aromatic rings. The molecular weight excluding hydrogens is 296 g/mol. The van der Waals surface area contributed by atoms with E-state index in [2.05, 4.69) is 0 Å². The largest absolute Gasteiger partial charge is 0.389 e. The lowest BCUT2D eigenvalue weighted by atomic mass is 10.2. The first-order valence-corrected chi connectivity index (χ1v) is 8.06. The van der Waals surface area contributed by atoms with Gasteiger partial charge in [-0.25, -0.2) is 8.42 Å². The minimum atomic E-state index is -3.66. The van der Waals surface area contributed by atoms with Crippen LogP contribution in [0.15, 0.2) is 29.2 Å². The van der Waals surface area contributed by atoms with Crippen LogP contribution in [0.5, 0.6) is 0 Å². The van der Waals surface area contributed by atoms with Crippen LogP contribution < -0.4 is 5.73 Å². The minimum Gasteiger partial charge on any atom is -0.389 e. The van der Waals surface area contributed by atoms with Crippen LogP contribution >= 0.6 is 12.2 Å². The lowest BCUT2D eigenvalue weighted by Gasteiger charge is -2.26. The van der Waals surface area contributed by atoms with Crippen molar-refractivity contribution in [2.45, 2.75) is 24.8 Å². The summed E-state index contributed by atoms with van der Waals surface area (Å²) in [5.74, 6) is 0. The van der Waals surface area contributed by atoms with Crippen LogP contribution in [0.1, 0.15) is 19.4 Å². The van der Waals surface area contributed by atoms with E-state index in [1.807, 2.05) is 13.8 Å². The number of thiocarbonyl (C=S) groups is 1. The fraction of sp³-hybridized carbons (Fsp3) is 0.462. The maximum Gasteiger partial charge on any atom is 0.244 e. The molecule has 112 valence electrons. The molecule has 5 nitrogen and oxygen atoms in total. The van der Waals surface area contributed by atoms with Crippen LogP contribution in [0, 0.1) is 0 Å². The van der Waals surface area contributed by atoms with Gasteiger partial charge in [0.25, 0.3) is 0 Å². The number of ether oxygens (including phenoxy) is 1. The lowest BCUT2D eigenvalue weighted by Crippen LogP contribution is -2.40. The van der Waals surface area contributed by atoms with Gasteiger partial charge < -0.3 is 10.5 Å². The van der Waals surface area contributed by atoms with Crippen molar-refractivity contribution in [3.8, 4) is 0 Å². The molecule has 2 N–H and O–H groups in total. The van der Waals surface area contributed by atoms with Gasteiger partial charge in [0.15, 0.2) is 0 Å². The predicted octanol–water partition coefficient (Wildman–Crippen LogP) is 1.37. The molecule has 0 bridgehead atoms. The summed E-state index contributed by atoms with van der Waals surface area (Å²) < 4.78 is 31.9. The summed E-state index contributed by atoms with van der Waals surface area (Å²) >= 11 is 4.93. The van der Waals surface area contributed by atoms with Crippen LogP contribution in [0.4, 0.5) is 0 Å².